The minimum Gasteiger partial charge on any atom is -0.383 e. The second kappa shape index (κ2) is 6.56. The van der Waals surface area contributed by atoms with E-state index < -0.39 is 0 Å². The van der Waals surface area contributed by atoms with Gasteiger partial charge < -0.3 is 16.4 Å². The summed E-state index contributed by atoms with van der Waals surface area (Å²) in [5.74, 6) is 0.479. The summed E-state index contributed by atoms with van der Waals surface area (Å²) < 4.78 is 0. The molecule has 0 aliphatic heterocycles. The Morgan fingerprint density at radius 2 is 1.62 bits per heavy atom. The Morgan fingerprint density at radius 3 is 2.35 bits per heavy atom. The number of nitrogens with two attached hydrogens (primary N) is 1. The number of urea groups is 1. The number of hydrogen-bond donors (Lipinski definition) is 4. The lowest BCUT2D eigenvalue weighted by Crippen LogP contribution is -2.19. The first-order chi connectivity index (χ1) is 12.7. The highest BCUT2D eigenvalue weighted by atomic mass is 16.2. The number of anilines is 3. The second-order valence-corrected chi connectivity index (χ2v) is 5.72. The number of hydrogen-bond acceptors (Lipinski definition) is 4. The predicted molar refractivity (Wildman–Crippen MR) is 103 cm³/mol. The summed E-state index contributed by atoms with van der Waals surface area (Å²) in [5.41, 5.74) is 9.84. The first-order valence-corrected chi connectivity index (χ1v) is 8.03. The van der Waals surface area contributed by atoms with Gasteiger partial charge in [-0.15, -0.1) is 0 Å². The maximum atomic E-state index is 12.1. The van der Waals surface area contributed by atoms with Gasteiger partial charge in [-0.1, -0.05) is 30.3 Å². The van der Waals surface area contributed by atoms with Gasteiger partial charge in [-0.25, -0.2) is 9.78 Å². The number of carbonyl (C=O) groups is 1. The molecule has 4 aromatic rings. The van der Waals surface area contributed by atoms with Crippen LogP contribution in [0.5, 0.6) is 0 Å². The predicted octanol–water partition coefficient (Wildman–Crippen LogP) is 3.85. The van der Waals surface area contributed by atoms with E-state index in [9.17, 15) is 4.79 Å². The van der Waals surface area contributed by atoms with Crippen LogP contribution in [0, 0.1) is 0 Å². The lowest BCUT2D eigenvalue weighted by molar-refractivity contribution is 0.262. The lowest BCUT2D eigenvalue weighted by Gasteiger charge is -2.09. The van der Waals surface area contributed by atoms with Crippen molar-refractivity contribution < 1.29 is 4.79 Å². The van der Waals surface area contributed by atoms with Gasteiger partial charge in [0.2, 0.25) is 0 Å². The van der Waals surface area contributed by atoms with Crippen molar-refractivity contribution >= 4 is 34.3 Å². The molecule has 7 nitrogen and oxygen atoms in total. The van der Waals surface area contributed by atoms with E-state index in [1.807, 2.05) is 60.7 Å². The van der Waals surface area contributed by atoms with Gasteiger partial charge in [-0.05, 0) is 41.5 Å². The number of carbonyl (C=O) groups excluding carboxylic acids is 1. The van der Waals surface area contributed by atoms with Crippen molar-refractivity contribution in [2.75, 3.05) is 16.4 Å². The standard InChI is InChI=1S/C19H16N6O/c20-17-16-15(10-11-21-18(16)25-24-17)12-6-8-14(9-7-12)23-19(26)22-13-4-2-1-3-5-13/h1-11H,(H2,22,23,26)(H3,20,21,24,25). The molecular weight excluding hydrogens is 328 g/mol. The Hall–Kier alpha value is -3.87. The molecule has 2 aromatic carbocycles. The SMILES string of the molecule is Nc1[nH]nc2nccc(-c3ccc(NC(=O)Nc4ccccc4)cc3)c12. The Morgan fingerprint density at radius 1 is 0.923 bits per heavy atom. The molecule has 0 fully saturated rings. The molecule has 4 rings (SSSR count). The average molecular weight is 344 g/mol. The number of nitrogen functional groups attached to an aromatic ring is 1. The molecule has 26 heavy (non-hydrogen) atoms. The number of para-hydroxylation sites is 1. The zero-order valence-electron chi connectivity index (χ0n) is 13.7. The van der Waals surface area contributed by atoms with Gasteiger partial charge in [0.15, 0.2) is 5.65 Å². The molecule has 2 amide bonds. The summed E-state index contributed by atoms with van der Waals surface area (Å²) in [4.78, 5) is 16.3. The van der Waals surface area contributed by atoms with Crippen LogP contribution in [0.3, 0.4) is 0 Å². The van der Waals surface area contributed by atoms with Crippen LogP contribution in [0.2, 0.25) is 0 Å². The van der Waals surface area contributed by atoms with Crippen molar-refractivity contribution in [3.8, 4) is 11.1 Å². The van der Waals surface area contributed by atoms with Gasteiger partial charge in [0.05, 0.1) is 5.39 Å². The third-order valence-corrected chi connectivity index (χ3v) is 3.97. The number of amides is 2. The number of benzene rings is 2. The molecule has 2 heterocycles. The monoisotopic (exact) mass is 344 g/mol. The van der Waals surface area contributed by atoms with Gasteiger partial charge in [0, 0.05) is 17.6 Å². The molecule has 0 unspecified atom stereocenters. The third-order valence-electron chi connectivity index (χ3n) is 3.97. The molecular formula is C19H16N6O. The molecule has 0 saturated carbocycles. The number of nitrogens with zero attached hydrogens (tertiary/aromatic N) is 2. The van der Waals surface area contributed by atoms with Gasteiger partial charge in [0.25, 0.3) is 0 Å². The fraction of sp³-hybridized carbons (Fsp3) is 0. The van der Waals surface area contributed by atoms with Crippen molar-refractivity contribution in [2.24, 2.45) is 0 Å². The number of rotatable bonds is 3. The summed E-state index contributed by atoms with van der Waals surface area (Å²) in [7, 11) is 0. The summed E-state index contributed by atoms with van der Waals surface area (Å²) in [6.45, 7) is 0. The summed E-state index contributed by atoms with van der Waals surface area (Å²) in [6, 6.07) is 18.4. The summed E-state index contributed by atoms with van der Waals surface area (Å²) >= 11 is 0. The van der Waals surface area contributed by atoms with E-state index in [2.05, 4.69) is 25.8 Å². The maximum absolute atomic E-state index is 12.1. The van der Waals surface area contributed by atoms with E-state index in [1.54, 1.807) is 6.20 Å². The van der Waals surface area contributed by atoms with Crippen LogP contribution in [0.1, 0.15) is 0 Å². The second-order valence-electron chi connectivity index (χ2n) is 5.72. The normalized spacial score (nSPS) is 10.6. The van der Waals surface area contributed by atoms with Crippen molar-refractivity contribution in [3.63, 3.8) is 0 Å². The van der Waals surface area contributed by atoms with Crippen LogP contribution in [0.25, 0.3) is 22.2 Å². The molecule has 128 valence electrons. The Balaban J connectivity index is 1.53. The lowest BCUT2D eigenvalue weighted by atomic mass is 10.0. The largest absolute Gasteiger partial charge is 0.383 e. The number of aromatic nitrogens is 3. The topological polar surface area (TPSA) is 109 Å². The van der Waals surface area contributed by atoms with Gasteiger partial charge in [-0.2, -0.15) is 5.10 Å². The van der Waals surface area contributed by atoms with Crippen molar-refractivity contribution in [3.05, 3.63) is 66.9 Å². The molecule has 0 aliphatic carbocycles. The van der Waals surface area contributed by atoms with Gasteiger partial charge >= 0.3 is 6.03 Å². The molecule has 0 bridgehead atoms. The Labute approximate surface area is 149 Å². The van der Waals surface area contributed by atoms with Crippen LogP contribution in [-0.4, -0.2) is 21.2 Å². The molecule has 0 spiro atoms. The fourth-order valence-electron chi connectivity index (χ4n) is 2.76. The van der Waals surface area contributed by atoms with E-state index in [-0.39, 0.29) is 6.03 Å². The van der Waals surface area contributed by atoms with E-state index in [4.69, 9.17) is 5.73 Å². The third kappa shape index (κ3) is 3.05. The van der Waals surface area contributed by atoms with Crippen LogP contribution >= 0.6 is 0 Å². The highest BCUT2D eigenvalue weighted by molar-refractivity contribution is 6.01. The first kappa shape index (κ1) is 15.6. The van der Waals surface area contributed by atoms with Crippen molar-refractivity contribution in [1.29, 1.82) is 0 Å². The van der Waals surface area contributed by atoms with E-state index >= 15 is 0 Å². The Kier molecular flexibility index (Phi) is 3.95. The van der Waals surface area contributed by atoms with E-state index in [0.29, 0.717) is 17.2 Å². The molecule has 2 aromatic heterocycles. The molecule has 7 heteroatoms. The minimum atomic E-state index is -0.297. The molecule has 0 saturated heterocycles. The van der Waals surface area contributed by atoms with Crippen LogP contribution < -0.4 is 16.4 Å². The highest BCUT2D eigenvalue weighted by Gasteiger charge is 2.11. The van der Waals surface area contributed by atoms with E-state index in [0.717, 1.165) is 22.2 Å². The minimum absolute atomic E-state index is 0.297. The number of nitrogens with one attached hydrogen (secondary N) is 3. The number of fused-ring (bicyclic) bond motifs is 1. The molecule has 0 radical (unpaired) electrons. The summed E-state index contributed by atoms with van der Waals surface area (Å²) in [5, 5.41) is 13.2. The molecule has 0 atom stereocenters. The summed E-state index contributed by atoms with van der Waals surface area (Å²) in [6.07, 6.45) is 1.69. The Bertz CT molecular complexity index is 1060. The number of aromatic amines is 1. The van der Waals surface area contributed by atoms with Crippen molar-refractivity contribution in [1.82, 2.24) is 15.2 Å². The zero-order valence-corrected chi connectivity index (χ0v) is 13.7. The fourth-order valence-corrected chi connectivity index (χ4v) is 2.76. The quantitative estimate of drug-likeness (QED) is 0.452. The van der Waals surface area contributed by atoms with Gasteiger partial charge in [0.1, 0.15) is 5.82 Å². The zero-order chi connectivity index (χ0) is 17.9. The molecule has 0 aliphatic rings. The van der Waals surface area contributed by atoms with E-state index in [1.165, 1.54) is 0 Å². The molecule has 5 N–H and O–H groups in total. The maximum Gasteiger partial charge on any atom is 0.323 e. The van der Waals surface area contributed by atoms with Gasteiger partial charge in [-0.3, -0.25) is 5.10 Å². The first-order valence-electron chi connectivity index (χ1n) is 8.03. The smallest absolute Gasteiger partial charge is 0.323 e. The van der Waals surface area contributed by atoms with Crippen molar-refractivity contribution in [2.45, 2.75) is 0 Å². The van der Waals surface area contributed by atoms with Crippen LogP contribution in [-0.2, 0) is 0 Å². The van der Waals surface area contributed by atoms with Crippen LogP contribution in [0.4, 0.5) is 22.0 Å². The average Bonchev–Trinajstić information content (AvgIpc) is 3.04. The number of H-pyrrole nitrogens is 1. The highest BCUT2D eigenvalue weighted by Crippen LogP contribution is 2.30. The number of pyridine rings is 1. The van der Waals surface area contributed by atoms with Crippen LogP contribution in [0.15, 0.2) is 66.9 Å².